The molecule has 2 aromatic rings. The molecular formula is C27H39N5O5S. The van der Waals surface area contributed by atoms with Crippen molar-refractivity contribution >= 4 is 27.6 Å². The molecule has 1 aliphatic heterocycles. The van der Waals surface area contributed by atoms with Gasteiger partial charge in [0, 0.05) is 23.3 Å². The van der Waals surface area contributed by atoms with Gasteiger partial charge in [-0.15, -0.1) is 0 Å². The predicted molar refractivity (Wildman–Crippen MR) is 145 cm³/mol. The average molecular weight is 546 g/mol. The monoisotopic (exact) mass is 545 g/mol. The summed E-state index contributed by atoms with van der Waals surface area (Å²) in [4.78, 5) is 24.3. The highest BCUT2D eigenvalue weighted by atomic mass is 32.2. The summed E-state index contributed by atoms with van der Waals surface area (Å²) in [5, 5.41) is 21.8. The Bertz CT molecular complexity index is 1290. The molecule has 2 unspecified atom stereocenters. The summed E-state index contributed by atoms with van der Waals surface area (Å²) in [7, 11) is -4.34. The van der Waals surface area contributed by atoms with Crippen LogP contribution in [-0.2, 0) is 16.4 Å². The number of aromatic nitrogens is 2. The van der Waals surface area contributed by atoms with E-state index in [1.807, 2.05) is 11.8 Å². The van der Waals surface area contributed by atoms with Gasteiger partial charge in [-0.3, -0.25) is 4.79 Å². The van der Waals surface area contributed by atoms with E-state index in [9.17, 15) is 23.4 Å². The Hall–Kier alpha value is -2.76. The third-order valence-corrected chi connectivity index (χ3v) is 9.03. The highest BCUT2D eigenvalue weighted by Gasteiger charge is 2.40. The number of hydrogen-bond donors (Lipinski definition) is 4. The number of aliphatic hydroxyl groups excluding tert-OH is 2. The van der Waals surface area contributed by atoms with Crippen LogP contribution in [0.5, 0.6) is 0 Å². The van der Waals surface area contributed by atoms with E-state index in [0.29, 0.717) is 36.0 Å². The molecule has 3 heterocycles. The van der Waals surface area contributed by atoms with Gasteiger partial charge in [-0.1, -0.05) is 32.8 Å². The topological polar surface area (TPSA) is 159 Å². The van der Waals surface area contributed by atoms with E-state index in [4.69, 9.17) is 10.7 Å². The van der Waals surface area contributed by atoms with Gasteiger partial charge in [0.1, 0.15) is 17.7 Å². The zero-order chi connectivity index (χ0) is 27.8. The number of nitrogens with one attached hydrogen (secondary N) is 1. The minimum absolute atomic E-state index is 0.00842. The van der Waals surface area contributed by atoms with Crippen molar-refractivity contribution in [3.05, 3.63) is 41.1 Å². The number of aliphatic hydroxyl groups is 2. The van der Waals surface area contributed by atoms with Gasteiger partial charge in [0.15, 0.2) is 5.03 Å². The van der Waals surface area contributed by atoms with Crippen molar-refractivity contribution < 1.29 is 23.4 Å². The van der Waals surface area contributed by atoms with E-state index < -0.39 is 28.1 Å². The summed E-state index contributed by atoms with van der Waals surface area (Å²) in [5.41, 5.74) is 6.25. The number of anilines is 2. The van der Waals surface area contributed by atoms with E-state index in [1.54, 1.807) is 0 Å². The fourth-order valence-corrected chi connectivity index (χ4v) is 6.92. The maximum atomic E-state index is 13.6. The molecule has 1 saturated heterocycles. The van der Waals surface area contributed by atoms with Crippen molar-refractivity contribution in [1.82, 2.24) is 14.7 Å². The summed E-state index contributed by atoms with van der Waals surface area (Å²) in [6.45, 7) is 8.78. The summed E-state index contributed by atoms with van der Waals surface area (Å²) in [6.07, 6.45) is 2.72. The molecule has 0 bridgehead atoms. The molecule has 0 radical (unpaired) electrons. The van der Waals surface area contributed by atoms with Crippen LogP contribution in [0, 0.1) is 11.8 Å². The molecule has 0 spiro atoms. The molecule has 10 nitrogen and oxygen atoms in total. The molecule has 1 aliphatic carbocycles. The lowest BCUT2D eigenvalue weighted by Gasteiger charge is -2.35. The Kier molecular flexibility index (Phi) is 8.02. The van der Waals surface area contributed by atoms with Crippen LogP contribution in [0.2, 0.25) is 0 Å². The van der Waals surface area contributed by atoms with E-state index in [1.165, 1.54) is 24.3 Å². The van der Waals surface area contributed by atoms with Crippen LogP contribution in [0.15, 0.2) is 29.3 Å². The molecule has 38 heavy (non-hydrogen) atoms. The van der Waals surface area contributed by atoms with E-state index in [0.717, 1.165) is 32.1 Å². The summed E-state index contributed by atoms with van der Waals surface area (Å²) < 4.78 is 28.2. The average Bonchev–Trinajstić information content (AvgIpc) is 3.49. The zero-order valence-electron chi connectivity index (χ0n) is 22.5. The standard InChI is InChI=1S/C27H39N5O5S/c1-5-20-18(24(34)23(33)17-9-6-7-10-17)13-19(25(29-20)32-15-16(2)14-27(32,3)4)26(35)31-38(36,37)22-12-8-11-21(28)30-22/h8,11-13,16-17,23-24,33-34H,5-7,9-10,14-15H2,1-4H3,(H2,28,30)(H,31,35)/t16-,23?,24?/m0/s1. The van der Waals surface area contributed by atoms with Crippen molar-refractivity contribution in [1.29, 1.82) is 0 Å². The number of hydrogen-bond acceptors (Lipinski definition) is 9. The first-order valence-corrected chi connectivity index (χ1v) is 14.8. The number of sulfonamides is 1. The second kappa shape index (κ2) is 10.8. The molecule has 1 amide bonds. The van der Waals surface area contributed by atoms with Crippen LogP contribution in [0.25, 0.3) is 0 Å². The first kappa shape index (κ1) is 28.3. The number of nitrogens with zero attached hydrogens (tertiary/aromatic N) is 3. The largest absolute Gasteiger partial charge is 0.390 e. The minimum atomic E-state index is -4.34. The fraction of sp³-hybridized carbons (Fsp3) is 0.593. The van der Waals surface area contributed by atoms with Gasteiger partial charge in [0.05, 0.1) is 11.7 Å². The van der Waals surface area contributed by atoms with Gasteiger partial charge >= 0.3 is 0 Å². The quantitative estimate of drug-likeness (QED) is 0.391. The van der Waals surface area contributed by atoms with Crippen LogP contribution < -0.4 is 15.4 Å². The molecule has 1 saturated carbocycles. The summed E-state index contributed by atoms with van der Waals surface area (Å²) in [6, 6.07) is 5.65. The number of amides is 1. The molecule has 3 atom stereocenters. The van der Waals surface area contributed by atoms with Gasteiger partial charge < -0.3 is 20.8 Å². The fourth-order valence-electron chi connectivity index (χ4n) is 5.98. The number of pyridine rings is 2. The lowest BCUT2D eigenvalue weighted by atomic mass is 9.90. The van der Waals surface area contributed by atoms with E-state index in [2.05, 4.69) is 30.5 Å². The van der Waals surface area contributed by atoms with Crippen LogP contribution in [0.1, 0.15) is 87.5 Å². The Labute approximate surface area is 224 Å². The highest BCUT2D eigenvalue weighted by Crippen LogP contribution is 2.40. The Morgan fingerprint density at radius 1 is 1.24 bits per heavy atom. The van der Waals surface area contributed by atoms with Crippen LogP contribution in [-0.4, -0.2) is 52.7 Å². The number of nitrogens with two attached hydrogens (primary N) is 1. The van der Waals surface area contributed by atoms with Crippen LogP contribution in [0.3, 0.4) is 0 Å². The maximum Gasteiger partial charge on any atom is 0.281 e. The molecule has 0 aromatic carbocycles. The number of aryl methyl sites for hydroxylation is 1. The molecule has 5 N–H and O–H groups in total. The normalized spacial score (nSPS) is 21.4. The first-order chi connectivity index (χ1) is 17.8. The SMILES string of the molecule is CCc1nc(N2C[C@@H](C)CC2(C)C)c(C(=O)NS(=O)(=O)c2cccc(N)n2)cc1C(O)C(O)C1CCCC1. The Morgan fingerprint density at radius 2 is 1.92 bits per heavy atom. The van der Waals surface area contributed by atoms with Crippen LogP contribution in [0.4, 0.5) is 11.6 Å². The summed E-state index contributed by atoms with van der Waals surface area (Å²) >= 11 is 0. The molecule has 11 heteroatoms. The van der Waals surface area contributed by atoms with Crippen molar-refractivity contribution in [2.24, 2.45) is 11.8 Å². The molecule has 2 aliphatic rings. The van der Waals surface area contributed by atoms with Crippen LogP contribution >= 0.6 is 0 Å². The van der Waals surface area contributed by atoms with Crippen molar-refractivity contribution in [3.63, 3.8) is 0 Å². The Morgan fingerprint density at radius 3 is 2.50 bits per heavy atom. The van der Waals surface area contributed by atoms with Crippen molar-refractivity contribution in [3.8, 4) is 0 Å². The number of carbonyl (C=O) groups excluding carboxylic acids is 1. The van der Waals surface area contributed by atoms with Crippen molar-refractivity contribution in [2.75, 3.05) is 17.2 Å². The molecule has 208 valence electrons. The highest BCUT2D eigenvalue weighted by molar-refractivity contribution is 7.90. The predicted octanol–water partition coefficient (Wildman–Crippen LogP) is 2.95. The maximum absolute atomic E-state index is 13.6. The first-order valence-electron chi connectivity index (χ1n) is 13.3. The third kappa shape index (κ3) is 5.64. The minimum Gasteiger partial charge on any atom is -0.390 e. The zero-order valence-corrected chi connectivity index (χ0v) is 23.3. The lowest BCUT2D eigenvalue weighted by molar-refractivity contribution is -0.0177. The smallest absolute Gasteiger partial charge is 0.281 e. The second-order valence-corrected chi connectivity index (χ2v) is 12.9. The Balaban J connectivity index is 1.80. The van der Waals surface area contributed by atoms with Gasteiger partial charge in [0.25, 0.3) is 15.9 Å². The van der Waals surface area contributed by atoms with Crippen molar-refractivity contribution in [2.45, 2.75) is 89.0 Å². The number of nitrogen functional groups attached to an aromatic ring is 1. The third-order valence-electron chi connectivity index (χ3n) is 7.80. The number of rotatable bonds is 8. The van der Waals surface area contributed by atoms with E-state index in [-0.39, 0.29) is 27.9 Å². The summed E-state index contributed by atoms with van der Waals surface area (Å²) in [5.74, 6) is -0.231. The number of carbonyl (C=O) groups is 1. The van der Waals surface area contributed by atoms with Gasteiger partial charge in [-0.2, -0.15) is 8.42 Å². The van der Waals surface area contributed by atoms with Gasteiger partial charge in [-0.25, -0.2) is 14.7 Å². The molecule has 2 aromatic heterocycles. The second-order valence-electron chi connectivity index (χ2n) is 11.3. The molecule has 4 rings (SSSR count). The lowest BCUT2D eigenvalue weighted by Crippen LogP contribution is -2.41. The molecular weight excluding hydrogens is 506 g/mol. The van der Waals surface area contributed by atoms with E-state index >= 15 is 0 Å². The van der Waals surface area contributed by atoms with Gasteiger partial charge in [-0.05, 0) is 69.6 Å². The molecule has 2 fully saturated rings. The van der Waals surface area contributed by atoms with Gasteiger partial charge in [0.2, 0.25) is 0 Å².